The van der Waals surface area contributed by atoms with Crippen LogP contribution in [-0.2, 0) is 13.1 Å². The molecule has 0 aliphatic carbocycles. The molecule has 0 saturated heterocycles. The molecule has 218 valence electrons. The molecule has 0 radical (unpaired) electrons. The number of para-hydroxylation sites is 2. The number of ether oxygens (including phenoxy) is 2. The lowest BCUT2D eigenvalue weighted by atomic mass is 10.1. The molecule has 0 saturated carbocycles. The average Bonchev–Trinajstić information content (AvgIpc) is 3.65. The van der Waals surface area contributed by atoms with Crippen LogP contribution in [0.3, 0.4) is 0 Å². The Morgan fingerprint density at radius 2 is 1.07 bits per heavy atom. The van der Waals surface area contributed by atoms with Crippen LogP contribution in [0, 0.1) is 0 Å². The Kier molecular flexibility index (Phi) is 9.51. The number of carboxylic acids is 1. The topological polar surface area (TPSA) is 103 Å². The summed E-state index contributed by atoms with van der Waals surface area (Å²) in [6.45, 7) is 1.97. The molecule has 43 heavy (non-hydrogen) atoms. The lowest BCUT2D eigenvalue weighted by Gasteiger charge is -2.08. The zero-order valence-corrected chi connectivity index (χ0v) is 23.5. The largest absolute Gasteiger partial charge is 0.492 e. The van der Waals surface area contributed by atoms with E-state index in [0.29, 0.717) is 37.4 Å². The quantitative estimate of drug-likeness (QED) is 0.175. The van der Waals surface area contributed by atoms with Crippen LogP contribution in [-0.4, -0.2) is 50.9 Å². The summed E-state index contributed by atoms with van der Waals surface area (Å²) in [6, 6.07) is 33.9. The fourth-order valence-corrected chi connectivity index (χ4v) is 4.71. The number of hydrogen-bond acceptors (Lipinski definition) is 5. The first-order chi connectivity index (χ1) is 21.0. The van der Waals surface area contributed by atoms with Gasteiger partial charge in [-0.1, -0.05) is 54.6 Å². The molecule has 2 heterocycles. The van der Waals surface area contributed by atoms with Crippen molar-refractivity contribution in [3.63, 3.8) is 0 Å². The first kappa shape index (κ1) is 29.2. The number of benzene rings is 4. The molecule has 0 amide bonds. The fraction of sp³-hybridized carbons (Fsp3) is 0.143. The summed E-state index contributed by atoms with van der Waals surface area (Å²) in [7, 11) is 0. The molecule has 6 aromatic rings. The highest BCUT2D eigenvalue weighted by Gasteiger charge is 2.09. The number of carboxylic acid groups (broad SMARTS) is 1. The number of aliphatic hydroxyl groups is 1. The van der Waals surface area contributed by atoms with Gasteiger partial charge in [0.2, 0.25) is 0 Å². The minimum atomic E-state index is -0.912. The predicted molar refractivity (Wildman–Crippen MR) is 166 cm³/mol. The number of nitrogens with zero attached hydrogens (tertiary/aromatic N) is 2. The Balaban J connectivity index is 0.000000171. The molecule has 0 unspecified atom stereocenters. The Labute approximate surface area is 249 Å². The first-order valence-corrected chi connectivity index (χ1v) is 13.9. The second-order valence-corrected chi connectivity index (χ2v) is 9.77. The molecule has 6 rings (SSSR count). The van der Waals surface area contributed by atoms with Gasteiger partial charge in [0.05, 0.1) is 18.7 Å². The van der Waals surface area contributed by atoms with E-state index in [4.69, 9.17) is 19.7 Å². The van der Waals surface area contributed by atoms with Crippen LogP contribution in [0.1, 0.15) is 20.7 Å². The fourth-order valence-electron chi connectivity index (χ4n) is 4.71. The number of rotatable bonds is 11. The van der Waals surface area contributed by atoms with Crippen molar-refractivity contribution in [2.45, 2.75) is 13.1 Å². The molecular weight excluding hydrogens is 544 g/mol. The van der Waals surface area contributed by atoms with Gasteiger partial charge in [-0.05, 0) is 65.4 Å². The van der Waals surface area contributed by atoms with Crippen molar-refractivity contribution in [3.05, 3.63) is 133 Å². The molecule has 0 aliphatic heterocycles. The molecule has 4 aromatic carbocycles. The standard InChI is InChI=1S/C18H17NO3.C17H15NO3/c20-13-18(21)15-7-6-14-8-9-19(17(14)12-15)10-11-22-16-4-2-1-3-5-16;19-17(20)14-7-6-13-8-9-18(16(13)12-14)10-11-21-15-4-2-1-3-5-15/h1-9,12,20H,10-11,13H2;1-9,12H,10-11H2,(H,19,20). The molecular formula is C35H32N2O6. The van der Waals surface area contributed by atoms with Crippen molar-refractivity contribution in [1.82, 2.24) is 9.13 Å². The van der Waals surface area contributed by atoms with Crippen molar-refractivity contribution in [1.29, 1.82) is 0 Å². The highest BCUT2D eigenvalue weighted by Crippen LogP contribution is 2.20. The molecule has 8 nitrogen and oxygen atoms in total. The third-order valence-corrected chi connectivity index (χ3v) is 6.95. The van der Waals surface area contributed by atoms with E-state index >= 15 is 0 Å². The molecule has 0 aliphatic rings. The van der Waals surface area contributed by atoms with Gasteiger partial charge in [0.25, 0.3) is 0 Å². The van der Waals surface area contributed by atoms with Gasteiger partial charge in [-0.3, -0.25) is 4.79 Å². The van der Waals surface area contributed by atoms with Gasteiger partial charge in [0.1, 0.15) is 31.3 Å². The molecule has 0 fully saturated rings. The molecule has 8 heteroatoms. The van der Waals surface area contributed by atoms with Crippen LogP contribution < -0.4 is 9.47 Å². The van der Waals surface area contributed by atoms with E-state index in [0.717, 1.165) is 33.3 Å². The van der Waals surface area contributed by atoms with Gasteiger partial charge < -0.3 is 28.8 Å². The van der Waals surface area contributed by atoms with Crippen LogP contribution in [0.25, 0.3) is 21.8 Å². The maximum atomic E-state index is 11.6. The Bertz CT molecular complexity index is 1810. The summed E-state index contributed by atoms with van der Waals surface area (Å²) < 4.78 is 15.4. The van der Waals surface area contributed by atoms with Gasteiger partial charge in [-0.15, -0.1) is 0 Å². The first-order valence-electron chi connectivity index (χ1n) is 13.9. The summed E-state index contributed by atoms with van der Waals surface area (Å²) in [5.41, 5.74) is 2.70. The van der Waals surface area contributed by atoms with Crippen LogP contribution in [0.5, 0.6) is 11.5 Å². The van der Waals surface area contributed by atoms with E-state index in [9.17, 15) is 9.59 Å². The number of fused-ring (bicyclic) bond motifs is 2. The highest BCUT2D eigenvalue weighted by molar-refractivity contribution is 6.00. The molecule has 0 atom stereocenters. The number of aromatic carboxylic acids is 1. The molecule has 0 bridgehead atoms. The Morgan fingerprint density at radius 3 is 1.53 bits per heavy atom. The van der Waals surface area contributed by atoms with Crippen LogP contribution >= 0.6 is 0 Å². The minimum absolute atomic E-state index is 0.268. The molecule has 0 spiro atoms. The lowest BCUT2D eigenvalue weighted by Crippen LogP contribution is -2.08. The average molecular weight is 577 g/mol. The number of aromatic nitrogens is 2. The number of hydrogen-bond donors (Lipinski definition) is 2. The lowest BCUT2D eigenvalue weighted by molar-refractivity contribution is 0.0696. The predicted octanol–water partition coefficient (Wildman–Crippen LogP) is 6.31. The second-order valence-electron chi connectivity index (χ2n) is 9.77. The van der Waals surface area contributed by atoms with E-state index in [1.165, 1.54) is 0 Å². The number of Topliss-reactive ketones (excluding diaryl/α,β-unsaturated/α-hetero) is 1. The maximum absolute atomic E-state index is 11.6. The SMILES string of the molecule is O=C(CO)c1ccc2ccn(CCOc3ccccc3)c2c1.O=C(O)c1ccc2ccn(CCOc3ccccc3)c2c1. The minimum Gasteiger partial charge on any atom is -0.492 e. The number of aliphatic hydroxyl groups excluding tert-OH is 1. The van der Waals surface area contributed by atoms with Gasteiger partial charge >= 0.3 is 5.97 Å². The normalized spacial score (nSPS) is 10.7. The van der Waals surface area contributed by atoms with Crippen LogP contribution in [0.15, 0.2) is 122 Å². The summed E-state index contributed by atoms with van der Waals surface area (Å²) >= 11 is 0. The summed E-state index contributed by atoms with van der Waals surface area (Å²) in [4.78, 5) is 22.6. The third kappa shape index (κ3) is 7.49. The summed E-state index contributed by atoms with van der Waals surface area (Å²) in [6.07, 6.45) is 3.93. The Hall–Kier alpha value is -5.34. The van der Waals surface area contributed by atoms with E-state index in [1.807, 2.05) is 113 Å². The maximum Gasteiger partial charge on any atom is 0.335 e. The number of carbonyl (C=O) groups is 2. The summed E-state index contributed by atoms with van der Waals surface area (Å²) in [5, 5.41) is 20.1. The van der Waals surface area contributed by atoms with Crippen LogP contribution in [0.4, 0.5) is 0 Å². The monoisotopic (exact) mass is 576 g/mol. The van der Waals surface area contributed by atoms with Gasteiger partial charge in [0.15, 0.2) is 5.78 Å². The van der Waals surface area contributed by atoms with Gasteiger partial charge in [0, 0.05) is 29.0 Å². The highest BCUT2D eigenvalue weighted by atomic mass is 16.5. The van der Waals surface area contributed by atoms with E-state index in [2.05, 4.69) is 0 Å². The second kappa shape index (κ2) is 14.0. The zero-order chi connectivity index (χ0) is 30.0. The molecule has 2 aromatic heterocycles. The number of ketones is 1. The Morgan fingerprint density at radius 1 is 0.605 bits per heavy atom. The van der Waals surface area contributed by atoms with Crippen LogP contribution in [0.2, 0.25) is 0 Å². The van der Waals surface area contributed by atoms with Crippen molar-refractivity contribution in [3.8, 4) is 11.5 Å². The number of carbonyl (C=O) groups excluding carboxylic acids is 1. The van der Waals surface area contributed by atoms with Crippen molar-refractivity contribution >= 4 is 33.6 Å². The van der Waals surface area contributed by atoms with E-state index < -0.39 is 12.6 Å². The zero-order valence-electron chi connectivity index (χ0n) is 23.5. The van der Waals surface area contributed by atoms with Crippen molar-refractivity contribution < 1.29 is 29.3 Å². The smallest absolute Gasteiger partial charge is 0.335 e. The van der Waals surface area contributed by atoms with E-state index in [1.54, 1.807) is 18.2 Å². The van der Waals surface area contributed by atoms with Gasteiger partial charge in [-0.2, -0.15) is 0 Å². The summed E-state index contributed by atoms with van der Waals surface area (Å²) in [5.74, 6) is 0.496. The van der Waals surface area contributed by atoms with Crippen molar-refractivity contribution in [2.24, 2.45) is 0 Å². The van der Waals surface area contributed by atoms with Gasteiger partial charge in [-0.25, -0.2) is 4.79 Å². The third-order valence-electron chi connectivity index (χ3n) is 6.95. The molecule has 2 N–H and O–H groups in total. The van der Waals surface area contributed by atoms with Crippen molar-refractivity contribution in [2.75, 3.05) is 19.8 Å². The van der Waals surface area contributed by atoms with E-state index in [-0.39, 0.29) is 5.78 Å².